The molecule has 0 amide bonds. The van der Waals surface area contributed by atoms with Gasteiger partial charge in [0.15, 0.2) is 0 Å². The third-order valence-corrected chi connectivity index (χ3v) is 2.21. The number of alkyl halides is 3. The van der Waals surface area contributed by atoms with Crippen LogP contribution in [-0.4, -0.2) is 0 Å². The topological polar surface area (TPSA) is 0 Å². The SMILES string of the molecule is Cc1sc(C(F)(F)F)cc1F. The zero-order chi connectivity index (χ0) is 8.65. The molecule has 0 unspecified atom stereocenters. The standard InChI is InChI=1S/C6H4F4S/c1-3-4(7)2-5(11-3)6(8,9)10/h2H,1H3. The first-order valence-electron chi connectivity index (χ1n) is 2.74. The van der Waals surface area contributed by atoms with Crippen LogP contribution < -0.4 is 0 Å². The lowest BCUT2D eigenvalue weighted by Crippen LogP contribution is -2.00. The molecule has 5 heteroatoms. The Kier molecular flexibility index (Phi) is 1.92. The Morgan fingerprint density at radius 2 is 1.91 bits per heavy atom. The van der Waals surface area contributed by atoms with Gasteiger partial charge in [0.2, 0.25) is 0 Å². The first-order chi connectivity index (χ1) is 4.91. The normalized spacial score (nSPS) is 12.1. The molecule has 0 nitrogen and oxygen atoms in total. The van der Waals surface area contributed by atoms with Gasteiger partial charge in [-0.1, -0.05) is 0 Å². The van der Waals surface area contributed by atoms with E-state index in [4.69, 9.17) is 0 Å². The molecule has 0 saturated carbocycles. The number of thiophene rings is 1. The molecule has 11 heavy (non-hydrogen) atoms. The molecule has 0 saturated heterocycles. The van der Waals surface area contributed by atoms with Crippen LogP contribution >= 0.6 is 11.3 Å². The molecule has 0 aliphatic rings. The molecule has 1 heterocycles. The highest BCUT2D eigenvalue weighted by Crippen LogP contribution is 2.35. The molecule has 0 bridgehead atoms. The van der Waals surface area contributed by atoms with E-state index in [0.717, 1.165) is 0 Å². The van der Waals surface area contributed by atoms with Crippen LogP contribution in [0.1, 0.15) is 9.75 Å². The Labute approximate surface area is 64.5 Å². The summed E-state index contributed by atoms with van der Waals surface area (Å²) in [7, 11) is 0. The van der Waals surface area contributed by atoms with Gasteiger partial charge >= 0.3 is 6.18 Å². The van der Waals surface area contributed by atoms with Crippen molar-refractivity contribution in [3.05, 3.63) is 21.6 Å². The summed E-state index contributed by atoms with van der Waals surface area (Å²) < 4.78 is 47.9. The lowest BCUT2D eigenvalue weighted by Gasteiger charge is -1.99. The summed E-state index contributed by atoms with van der Waals surface area (Å²) >= 11 is 0.421. The zero-order valence-electron chi connectivity index (χ0n) is 5.50. The summed E-state index contributed by atoms with van der Waals surface area (Å²) in [5.41, 5.74) is 0. The van der Waals surface area contributed by atoms with Crippen LogP contribution in [0.25, 0.3) is 0 Å². The van der Waals surface area contributed by atoms with E-state index in [2.05, 4.69) is 0 Å². The van der Waals surface area contributed by atoms with Crippen LogP contribution in [0.2, 0.25) is 0 Å². The number of halogens is 4. The van der Waals surface area contributed by atoms with Crippen molar-refractivity contribution in [1.29, 1.82) is 0 Å². The highest BCUT2D eigenvalue weighted by molar-refractivity contribution is 7.12. The van der Waals surface area contributed by atoms with E-state index in [0.29, 0.717) is 17.4 Å². The molecular formula is C6H4F4S. The third-order valence-electron chi connectivity index (χ3n) is 1.14. The van der Waals surface area contributed by atoms with E-state index in [1.165, 1.54) is 6.92 Å². The van der Waals surface area contributed by atoms with Crippen molar-refractivity contribution in [3.63, 3.8) is 0 Å². The second kappa shape index (κ2) is 2.48. The molecule has 1 aromatic rings. The minimum atomic E-state index is -4.42. The van der Waals surface area contributed by atoms with Crippen molar-refractivity contribution in [1.82, 2.24) is 0 Å². The van der Waals surface area contributed by atoms with Gasteiger partial charge in [-0.3, -0.25) is 0 Å². The predicted molar refractivity (Wildman–Crippen MR) is 34.0 cm³/mol. The second-order valence-corrected chi connectivity index (χ2v) is 3.27. The van der Waals surface area contributed by atoms with Crippen molar-refractivity contribution < 1.29 is 17.6 Å². The van der Waals surface area contributed by atoms with Crippen molar-refractivity contribution >= 4 is 11.3 Å². The van der Waals surface area contributed by atoms with E-state index >= 15 is 0 Å². The van der Waals surface area contributed by atoms with Crippen LogP contribution in [0.5, 0.6) is 0 Å². The lowest BCUT2D eigenvalue weighted by molar-refractivity contribution is -0.134. The van der Waals surface area contributed by atoms with Gasteiger partial charge in [0, 0.05) is 4.88 Å². The number of hydrogen-bond donors (Lipinski definition) is 0. The summed E-state index contributed by atoms with van der Waals surface area (Å²) in [6.45, 7) is 1.31. The number of hydrogen-bond acceptors (Lipinski definition) is 1. The zero-order valence-corrected chi connectivity index (χ0v) is 6.31. The average Bonchev–Trinajstić information content (AvgIpc) is 2.11. The molecule has 1 aromatic heterocycles. The first kappa shape index (κ1) is 8.52. The van der Waals surface area contributed by atoms with Crippen molar-refractivity contribution in [2.24, 2.45) is 0 Å². The molecule has 0 N–H and O–H groups in total. The van der Waals surface area contributed by atoms with E-state index in [1.807, 2.05) is 0 Å². The summed E-state index contributed by atoms with van der Waals surface area (Å²) in [6, 6.07) is 0.514. The third kappa shape index (κ3) is 1.71. The fourth-order valence-corrected chi connectivity index (χ4v) is 1.36. The maximum atomic E-state index is 12.4. The lowest BCUT2D eigenvalue weighted by atomic mass is 10.4. The van der Waals surface area contributed by atoms with Crippen LogP contribution in [0.3, 0.4) is 0 Å². The smallest absolute Gasteiger partial charge is 0.206 e. The highest BCUT2D eigenvalue weighted by Gasteiger charge is 2.33. The summed E-state index contributed by atoms with van der Waals surface area (Å²) in [4.78, 5) is -0.815. The van der Waals surface area contributed by atoms with E-state index in [-0.39, 0.29) is 4.88 Å². The summed E-state index contributed by atoms with van der Waals surface area (Å²) in [6.07, 6.45) is -4.42. The van der Waals surface area contributed by atoms with Gasteiger partial charge in [-0.25, -0.2) is 4.39 Å². The molecule has 1 rings (SSSR count). The predicted octanol–water partition coefficient (Wildman–Crippen LogP) is 3.21. The van der Waals surface area contributed by atoms with Crippen molar-refractivity contribution in [3.8, 4) is 0 Å². The second-order valence-electron chi connectivity index (χ2n) is 2.01. The highest BCUT2D eigenvalue weighted by atomic mass is 32.1. The fraction of sp³-hybridized carbons (Fsp3) is 0.333. The van der Waals surface area contributed by atoms with E-state index in [1.54, 1.807) is 0 Å². The van der Waals surface area contributed by atoms with Gasteiger partial charge in [0.05, 0.1) is 0 Å². The maximum absolute atomic E-state index is 12.4. The van der Waals surface area contributed by atoms with Gasteiger partial charge in [-0.15, -0.1) is 11.3 Å². The minimum absolute atomic E-state index is 0.0670. The quantitative estimate of drug-likeness (QED) is 0.543. The molecule has 0 atom stereocenters. The van der Waals surface area contributed by atoms with Gasteiger partial charge in [-0.05, 0) is 13.0 Å². The Bertz CT molecular complexity index is 241. The number of rotatable bonds is 0. The Hall–Kier alpha value is -0.580. The molecule has 62 valence electrons. The largest absolute Gasteiger partial charge is 0.425 e. The summed E-state index contributed by atoms with van der Waals surface area (Å²) in [5.74, 6) is -0.790. The molecule has 0 aliphatic heterocycles. The van der Waals surface area contributed by atoms with Gasteiger partial charge < -0.3 is 0 Å². The fourth-order valence-electron chi connectivity index (χ4n) is 0.600. The molecule has 0 radical (unpaired) electrons. The number of aryl methyl sites for hydroxylation is 1. The molecule has 0 aliphatic carbocycles. The Morgan fingerprint density at radius 3 is 2.09 bits per heavy atom. The van der Waals surface area contributed by atoms with Crippen LogP contribution in [-0.2, 0) is 6.18 Å². The van der Waals surface area contributed by atoms with Crippen molar-refractivity contribution in [2.75, 3.05) is 0 Å². The van der Waals surface area contributed by atoms with Crippen LogP contribution in [0.15, 0.2) is 6.07 Å². The monoisotopic (exact) mass is 184 g/mol. The Morgan fingerprint density at radius 1 is 1.36 bits per heavy atom. The van der Waals surface area contributed by atoms with Gasteiger partial charge in [0.1, 0.15) is 10.7 Å². The average molecular weight is 184 g/mol. The first-order valence-corrected chi connectivity index (χ1v) is 3.56. The molecule has 0 aromatic carbocycles. The maximum Gasteiger partial charge on any atom is 0.425 e. The van der Waals surface area contributed by atoms with Crippen molar-refractivity contribution in [2.45, 2.75) is 13.1 Å². The summed E-state index contributed by atoms with van der Waals surface area (Å²) in [5, 5.41) is 0. The van der Waals surface area contributed by atoms with E-state index in [9.17, 15) is 17.6 Å². The van der Waals surface area contributed by atoms with Gasteiger partial charge in [0.25, 0.3) is 0 Å². The van der Waals surface area contributed by atoms with Crippen LogP contribution in [0.4, 0.5) is 17.6 Å². The van der Waals surface area contributed by atoms with Crippen LogP contribution in [0, 0.1) is 12.7 Å². The van der Waals surface area contributed by atoms with Gasteiger partial charge in [-0.2, -0.15) is 13.2 Å². The van der Waals surface area contributed by atoms with E-state index < -0.39 is 16.9 Å². The molecule has 0 fully saturated rings. The minimum Gasteiger partial charge on any atom is -0.206 e. The molecule has 0 spiro atoms. The Balaban J connectivity index is 3.08. The molecular weight excluding hydrogens is 180 g/mol.